The average molecular weight is 200 g/mol. The Morgan fingerprint density at radius 1 is 1.60 bits per heavy atom. The third-order valence-corrected chi connectivity index (χ3v) is 1.82. The first-order valence-corrected chi connectivity index (χ1v) is 4.62. The third kappa shape index (κ3) is 3.30. The Hall–Kier alpha value is -2.04. The highest BCUT2D eigenvalue weighted by molar-refractivity contribution is 5.32. The Kier molecular flexibility index (Phi) is 4.15. The molecule has 0 atom stereocenters. The molecule has 3 nitrogen and oxygen atoms in total. The van der Waals surface area contributed by atoms with Crippen molar-refractivity contribution in [1.82, 2.24) is 4.98 Å². The zero-order chi connectivity index (χ0) is 11.1. The summed E-state index contributed by atoms with van der Waals surface area (Å²) < 4.78 is 5.47. The van der Waals surface area contributed by atoms with Gasteiger partial charge in [0, 0.05) is 6.42 Å². The molecule has 1 rings (SSSR count). The lowest BCUT2D eigenvalue weighted by Gasteiger charge is -2.06. The van der Waals surface area contributed by atoms with Gasteiger partial charge in [-0.1, -0.05) is 6.58 Å². The molecule has 0 N–H and O–H groups in total. The van der Waals surface area contributed by atoms with Crippen molar-refractivity contribution in [2.24, 2.45) is 0 Å². The van der Waals surface area contributed by atoms with Crippen LogP contribution in [0.3, 0.4) is 0 Å². The molecule has 15 heavy (non-hydrogen) atoms. The molecule has 1 aromatic heterocycles. The lowest BCUT2D eigenvalue weighted by Crippen LogP contribution is -1.99. The van der Waals surface area contributed by atoms with E-state index in [-0.39, 0.29) is 0 Å². The fraction of sp³-hybridized carbons (Fsp3) is 0.250. The number of ether oxygens (including phenoxy) is 1. The van der Waals surface area contributed by atoms with E-state index in [0.717, 1.165) is 12.1 Å². The maximum Gasteiger partial charge on any atom is 0.141 e. The molecule has 3 heteroatoms. The predicted octanol–water partition coefficient (Wildman–Crippen LogP) is 2.37. The summed E-state index contributed by atoms with van der Waals surface area (Å²) in [4.78, 5) is 4.07. The van der Waals surface area contributed by atoms with Gasteiger partial charge in [0.2, 0.25) is 0 Å². The van der Waals surface area contributed by atoms with Crippen molar-refractivity contribution in [3.8, 4) is 11.8 Å². The summed E-state index contributed by atoms with van der Waals surface area (Å²) >= 11 is 0. The van der Waals surface area contributed by atoms with E-state index in [9.17, 15) is 0 Å². The largest absolute Gasteiger partial charge is 0.491 e. The van der Waals surface area contributed by atoms with E-state index in [1.54, 1.807) is 12.1 Å². The Balaban J connectivity index is 2.62. The lowest BCUT2D eigenvalue weighted by atomic mass is 10.3. The second-order valence-electron chi connectivity index (χ2n) is 2.94. The van der Waals surface area contributed by atoms with Crippen molar-refractivity contribution in [3.63, 3.8) is 0 Å². The summed E-state index contributed by atoms with van der Waals surface area (Å²) in [6.45, 7) is 5.85. The van der Waals surface area contributed by atoms with Crippen LogP contribution in [0.25, 0.3) is 0 Å². The quantitative estimate of drug-likeness (QED) is 0.553. The van der Waals surface area contributed by atoms with Gasteiger partial charge >= 0.3 is 0 Å². The Bertz CT molecular complexity index is 426. The fourth-order valence-corrected chi connectivity index (χ4v) is 1.09. The molecule has 0 aromatic carbocycles. The number of hydrogen-bond donors (Lipinski definition) is 0. The smallest absolute Gasteiger partial charge is 0.141 e. The fourth-order valence-electron chi connectivity index (χ4n) is 1.09. The summed E-state index contributed by atoms with van der Waals surface area (Å²) in [5.41, 5.74) is 3.81. The number of nitriles is 1. The normalized spacial score (nSPS) is 8.80. The van der Waals surface area contributed by atoms with Crippen LogP contribution in [0.4, 0.5) is 0 Å². The van der Waals surface area contributed by atoms with Gasteiger partial charge in [0.05, 0.1) is 12.3 Å². The van der Waals surface area contributed by atoms with Crippen LogP contribution in [-0.4, -0.2) is 11.6 Å². The van der Waals surface area contributed by atoms with E-state index in [2.05, 4.69) is 17.3 Å². The maximum absolute atomic E-state index is 8.63. The van der Waals surface area contributed by atoms with Gasteiger partial charge in [-0.25, -0.2) is 4.98 Å². The molecule has 0 radical (unpaired) electrons. The van der Waals surface area contributed by atoms with Gasteiger partial charge in [-0.05, 0) is 25.1 Å². The minimum absolute atomic E-state index is 0.408. The molecule has 0 unspecified atom stereocenters. The molecule has 1 heterocycles. The van der Waals surface area contributed by atoms with Gasteiger partial charge in [-0.15, -0.1) is 5.73 Å². The topological polar surface area (TPSA) is 45.9 Å². The SMILES string of the molecule is C=C=CCCOc1ccc(C#N)nc1C. The van der Waals surface area contributed by atoms with Gasteiger partial charge in [0.15, 0.2) is 0 Å². The summed E-state index contributed by atoms with van der Waals surface area (Å²) in [6.07, 6.45) is 2.58. The van der Waals surface area contributed by atoms with Crippen molar-refractivity contribution < 1.29 is 4.74 Å². The Morgan fingerprint density at radius 3 is 3.00 bits per heavy atom. The van der Waals surface area contributed by atoms with Crippen molar-refractivity contribution in [3.05, 3.63) is 41.9 Å². The average Bonchev–Trinajstić information content (AvgIpc) is 2.26. The highest BCUT2D eigenvalue weighted by atomic mass is 16.5. The van der Waals surface area contributed by atoms with E-state index in [0.29, 0.717) is 18.1 Å². The van der Waals surface area contributed by atoms with Crippen molar-refractivity contribution >= 4 is 0 Å². The zero-order valence-corrected chi connectivity index (χ0v) is 8.66. The molecule has 0 aliphatic carbocycles. The van der Waals surface area contributed by atoms with Crippen molar-refractivity contribution in [1.29, 1.82) is 5.26 Å². The molecule has 76 valence electrons. The number of aromatic nitrogens is 1. The standard InChI is InChI=1S/C12H12N2O/c1-3-4-5-8-15-12-7-6-11(9-13)14-10(12)2/h4,6-7H,1,5,8H2,2H3. The van der Waals surface area contributed by atoms with Gasteiger partial charge in [0.25, 0.3) is 0 Å². The minimum Gasteiger partial charge on any atom is -0.491 e. The zero-order valence-electron chi connectivity index (χ0n) is 8.66. The van der Waals surface area contributed by atoms with Crippen LogP contribution in [-0.2, 0) is 0 Å². The molecule has 0 aliphatic rings. The minimum atomic E-state index is 0.408. The highest BCUT2D eigenvalue weighted by Crippen LogP contribution is 2.15. The molecule has 0 spiro atoms. The Labute approximate surface area is 89.3 Å². The number of aryl methyl sites for hydroxylation is 1. The van der Waals surface area contributed by atoms with Crippen LogP contribution in [0.5, 0.6) is 5.75 Å². The van der Waals surface area contributed by atoms with Crippen molar-refractivity contribution in [2.75, 3.05) is 6.61 Å². The monoisotopic (exact) mass is 200 g/mol. The summed E-state index contributed by atoms with van der Waals surface area (Å²) in [7, 11) is 0. The van der Waals surface area contributed by atoms with Crippen molar-refractivity contribution in [2.45, 2.75) is 13.3 Å². The molecular formula is C12H12N2O. The maximum atomic E-state index is 8.63. The first-order valence-electron chi connectivity index (χ1n) is 4.62. The first kappa shape index (κ1) is 11.0. The lowest BCUT2D eigenvalue weighted by molar-refractivity contribution is 0.321. The summed E-state index contributed by atoms with van der Waals surface area (Å²) in [5, 5.41) is 8.63. The molecule has 0 fully saturated rings. The number of nitrogens with zero attached hydrogens (tertiary/aromatic N) is 2. The van der Waals surface area contributed by atoms with E-state index >= 15 is 0 Å². The first-order chi connectivity index (χ1) is 7.27. The molecule has 0 saturated heterocycles. The van der Waals surface area contributed by atoms with E-state index in [1.165, 1.54) is 0 Å². The third-order valence-electron chi connectivity index (χ3n) is 1.82. The van der Waals surface area contributed by atoms with Crippen LogP contribution in [0, 0.1) is 18.3 Å². The molecule has 0 aliphatic heterocycles. The summed E-state index contributed by atoms with van der Waals surface area (Å²) in [5.74, 6) is 0.714. The van der Waals surface area contributed by atoms with E-state index in [4.69, 9.17) is 10.00 Å². The number of rotatable bonds is 4. The van der Waals surface area contributed by atoms with Gasteiger partial charge in [-0.2, -0.15) is 5.26 Å². The highest BCUT2D eigenvalue weighted by Gasteiger charge is 2.01. The molecule has 0 bridgehead atoms. The molecule has 0 saturated carbocycles. The van der Waals surface area contributed by atoms with Crippen LogP contribution >= 0.6 is 0 Å². The predicted molar refractivity (Wildman–Crippen MR) is 57.5 cm³/mol. The number of pyridine rings is 1. The second kappa shape index (κ2) is 5.64. The molecule has 0 amide bonds. The molecule has 1 aromatic rings. The Morgan fingerprint density at radius 2 is 2.40 bits per heavy atom. The van der Waals surface area contributed by atoms with Crippen LogP contribution in [0.15, 0.2) is 30.5 Å². The number of hydrogen-bond acceptors (Lipinski definition) is 3. The van der Waals surface area contributed by atoms with Gasteiger partial charge < -0.3 is 4.74 Å². The van der Waals surface area contributed by atoms with E-state index in [1.807, 2.05) is 19.1 Å². The van der Waals surface area contributed by atoms with Crippen LogP contribution in [0.1, 0.15) is 17.8 Å². The van der Waals surface area contributed by atoms with Crippen LogP contribution < -0.4 is 4.74 Å². The van der Waals surface area contributed by atoms with Crippen LogP contribution in [0.2, 0.25) is 0 Å². The van der Waals surface area contributed by atoms with E-state index < -0.39 is 0 Å². The molecular weight excluding hydrogens is 188 g/mol. The second-order valence-corrected chi connectivity index (χ2v) is 2.94. The van der Waals surface area contributed by atoms with Gasteiger partial charge in [-0.3, -0.25) is 0 Å². The summed E-state index contributed by atoms with van der Waals surface area (Å²) in [6, 6.07) is 5.39. The van der Waals surface area contributed by atoms with Gasteiger partial charge in [0.1, 0.15) is 17.5 Å².